The highest BCUT2D eigenvalue weighted by molar-refractivity contribution is 5.97. The summed E-state index contributed by atoms with van der Waals surface area (Å²) in [6.45, 7) is 5.21. The van der Waals surface area contributed by atoms with E-state index in [9.17, 15) is 9.59 Å². The molecule has 1 aliphatic rings. The van der Waals surface area contributed by atoms with Crippen molar-refractivity contribution < 1.29 is 9.59 Å². The van der Waals surface area contributed by atoms with Crippen molar-refractivity contribution in [1.29, 1.82) is 0 Å². The number of likely N-dealkylation sites (tertiary alicyclic amines) is 1. The molecule has 4 rings (SSSR count). The number of amides is 2. The lowest BCUT2D eigenvalue weighted by Gasteiger charge is -2.16. The first-order chi connectivity index (χ1) is 13.5. The normalized spacial score (nSPS) is 16.7. The molecule has 0 bridgehead atoms. The first-order valence-corrected chi connectivity index (χ1v) is 9.71. The van der Waals surface area contributed by atoms with E-state index in [4.69, 9.17) is 0 Å². The molecule has 1 atom stereocenters. The smallest absolute Gasteiger partial charge is 0.229 e. The van der Waals surface area contributed by atoms with Gasteiger partial charge in [0.05, 0.1) is 5.92 Å². The zero-order valence-corrected chi connectivity index (χ0v) is 16.3. The summed E-state index contributed by atoms with van der Waals surface area (Å²) in [5.41, 5.74) is 5.46. The quantitative estimate of drug-likeness (QED) is 0.712. The van der Waals surface area contributed by atoms with Gasteiger partial charge in [0, 0.05) is 42.3 Å². The molecule has 0 radical (unpaired) electrons. The number of H-pyrrole nitrogens is 1. The summed E-state index contributed by atoms with van der Waals surface area (Å²) in [7, 11) is 0. The van der Waals surface area contributed by atoms with Crippen LogP contribution in [-0.4, -0.2) is 34.8 Å². The van der Waals surface area contributed by atoms with Crippen LogP contribution in [0.15, 0.2) is 48.7 Å². The predicted molar refractivity (Wildman–Crippen MR) is 111 cm³/mol. The van der Waals surface area contributed by atoms with Crippen LogP contribution in [0.3, 0.4) is 0 Å². The van der Waals surface area contributed by atoms with E-state index >= 15 is 0 Å². The van der Waals surface area contributed by atoms with E-state index in [-0.39, 0.29) is 24.2 Å². The largest absolute Gasteiger partial charge is 0.361 e. The lowest BCUT2D eigenvalue weighted by molar-refractivity contribution is -0.128. The molecule has 0 aliphatic carbocycles. The van der Waals surface area contributed by atoms with Gasteiger partial charge in [0.1, 0.15) is 0 Å². The number of nitrogens with zero attached hydrogens (tertiary/aromatic N) is 1. The highest BCUT2D eigenvalue weighted by Gasteiger charge is 2.34. The maximum atomic E-state index is 12.5. The van der Waals surface area contributed by atoms with E-state index in [1.807, 2.05) is 42.3 Å². The highest BCUT2D eigenvalue weighted by Crippen LogP contribution is 2.23. The van der Waals surface area contributed by atoms with Gasteiger partial charge in [-0.05, 0) is 50.1 Å². The summed E-state index contributed by atoms with van der Waals surface area (Å²) in [6, 6.07) is 14.0. The summed E-state index contributed by atoms with van der Waals surface area (Å²) in [6.07, 6.45) is 3.08. The van der Waals surface area contributed by atoms with Crippen LogP contribution in [-0.2, 0) is 16.0 Å². The minimum Gasteiger partial charge on any atom is -0.361 e. The summed E-state index contributed by atoms with van der Waals surface area (Å²) in [5.74, 6) is -0.318. The van der Waals surface area contributed by atoms with E-state index in [0.717, 1.165) is 23.2 Å². The van der Waals surface area contributed by atoms with Crippen molar-refractivity contribution in [2.24, 2.45) is 5.92 Å². The van der Waals surface area contributed by atoms with E-state index in [2.05, 4.69) is 35.4 Å². The number of nitrogens with one attached hydrogen (secondary N) is 2. The molecular formula is C23H25N3O2. The zero-order valence-electron chi connectivity index (χ0n) is 16.3. The van der Waals surface area contributed by atoms with Crippen LogP contribution in [0.25, 0.3) is 10.9 Å². The SMILES string of the molecule is Cc1ccc(NC(=O)[C@@H]2CC(=O)N(CCc3c[nH]c4ccc(C)cc34)C2)cc1. The predicted octanol–water partition coefficient (Wildman–Crippen LogP) is 3.81. The van der Waals surface area contributed by atoms with Gasteiger partial charge < -0.3 is 15.2 Å². The Morgan fingerprint density at radius 3 is 2.68 bits per heavy atom. The molecule has 1 fully saturated rings. The average Bonchev–Trinajstić information content (AvgIpc) is 3.25. The van der Waals surface area contributed by atoms with Crippen LogP contribution in [0.1, 0.15) is 23.1 Å². The van der Waals surface area contributed by atoms with Crippen molar-refractivity contribution in [2.45, 2.75) is 26.7 Å². The van der Waals surface area contributed by atoms with E-state index in [1.165, 1.54) is 16.5 Å². The van der Waals surface area contributed by atoms with Crippen molar-refractivity contribution in [3.8, 4) is 0 Å². The van der Waals surface area contributed by atoms with Crippen LogP contribution in [0.5, 0.6) is 0 Å². The highest BCUT2D eigenvalue weighted by atomic mass is 16.2. The number of fused-ring (bicyclic) bond motifs is 1. The molecule has 3 aromatic rings. The number of aromatic amines is 1. The monoisotopic (exact) mass is 375 g/mol. The molecule has 0 saturated carbocycles. The van der Waals surface area contributed by atoms with Crippen LogP contribution < -0.4 is 5.32 Å². The Bertz CT molecular complexity index is 1020. The minimum absolute atomic E-state index is 0.0556. The van der Waals surface area contributed by atoms with Crippen LogP contribution in [0, 0.1) is 19.8 Å². The number of anilines is 1. The molecule has 2 heterocycles. The Morgan fingerprint density at radius 1 is 1.14 bits per heavy atom. The molecule has 144 valence electrons. The average molecular weight is 375 g/mol. The molecule has 0 unspecified atom stereocenters. The fraction of sp³-hybridized carbons (Fsp3) is 0.304. The maximum Gasteiger partial charge on any atom is 0.229 e. The van der Waals surface area contributed by atoms with Gasteiger partial charge in [-0.2, -0.15) is 0 Å². The molecule has 5 nitrogen and oxygen atoms in total. The number of carbonyl (C=O) groups is 2. The number of benzene rings is 2. The number of hydrogen-bond donors (Lipinski definition) is 2. The van der Waals surface area contributed by atoms with Gasteiger partial charge in [-0.3, -0.25) is 9.59 Å². The number of aromatic nitrogens is 1. The van der Waals surface area contributed by atoms with Crippen LogP contribution >= 0.6 is 0 Å². The van der Waals surface area contributed by atoms with Gasteiger partial charge in [-0.25, -0.2) is 0 Å². The number of aryl methyl sites for hydroxylation is 2. The van der Waals surface area contributed by atoms with Crippen molar-refractivity contribution in [3.05, 3.63) is 65.4 Å². The minimum atomic E-state index is -0.293. The maximum absolute atomic E-state index is 12.5. The first kappa shape index (κ1) is 18.3. The summed E-state index contributed by atoms with van der Waals surface area (Å²) < 4.78 is 0. The van der Waals surface area contributed by atoms with Gasteiger partial charge in [0.25, 0.3) is 0 Å². The van der Waals surface area contributed by atoms with Gasteiger partial charge in [-0.1, -0.05) is 29.3 Å². The Balaban J connectivity index is 1.37. The fourth-order valence-corrected chi connectivity index (χ4v) is 3.80. The molecule has 2 N–H and O–H groups in total. The Hall–Kier alpha value is -3.08. The Labute approximate surface area is 164 Å². The molecule has 1 aromatic heterocycles. The van der Waals surface area contributed by atoms with E-state index < -0.39 is 0 Å². The lowest BCUT2D eigenvalue weighted by atomic mass is 10.1. The van der Waals surface area contributed by atoms with E-state index in [0.29, 0.717) is 13.1 Å². The van der Waals surface area contributed by atoms with Gasteiger partial charge in [-0.15, -0.1) is 0 Å². The number of rotatable bonds is 5. The second-order valence-corrected chi connectivity index (χ2v) is 7.71. The van der Waals surface area contributed by atoms with Crippen LogP contribution in [0.4, 0.5) is 5.69 Å². The third-order valence-corrected chi connectivity index (χ3v) is 5.48. The topological polar surface area (TPSA) is 65.2 Å². The molecule has 28 heavy (non-hydrogen) atoms. The lowest BCUT2D eigenvalue weighted by Crippen LogP contribution is -2.30. The third-order valence-electron chi connectivity index (χ3n) is 5.48. The Kier molecular flexibility index (Phi) is 4.90. The number of carbonyl (C=O) groups excluding carboxylic acids is 2. The molecular weight excluding hydrogens is 350 g/mol. The van der Waals surface area contributed by atoms with Gasteiger partial charge >= 0.3 is 0 Å². The van der Waals surface area contributed by atoms with Crippen LogP contribution in [0.2, 0.25) is 0 Å². The second kappa shape index (κ2) is 7.50. The molecule has 1 saturated heterocycles. The van der Waals surface area contributed by atoms with Crippen molar-refractivity contribution >= 4 is 28.4 Å². The molecule has 2 amide bonds. The fourth-order valence-electron chi connectivity index (χ4n) is 3.80. The van der Waals surface area contributed by atoms with Gasteiger partial charge in [0.2, 0.25) is 11.8 Å². The second-order valence-electron chi connectivity index (χ2n) is 7.71. The molecule has 0 spiro atoms. The summed E-state index contributed by atoms with van der Waals surface area (Å²) in [5, 5.41) is 4.14. The third kappa shape index (κ3) is 3.79. The first-order valence-electron chi connectivity index (χ1n) is 9.71. The Morgan fingerprint density at radius 2 is 1.89 bits per heavy atom. The number of hydrogen-bond acceptors (Lipinski definition) is 2. The van der Waals surface area contributed by atoms with Crippen molar-refractivity contribution in [3.63, 3.8) is 0 Å². The summed E-state index contributed by atoms with van der Waals surface area (Å²) >= 11 is 0. The van der Waals surface area contributed by atoms with Gasteiger partial charge in [0.15, 0.2) is 0 Å². The molecule has 5 heteroatoms. The zero-order chi connectivity index (χ0) is 19.7. The molecule has 1 aliphatic heterocycles. The van der Waals surface area contributed by atoms with E-state index in [1.54, 1.807) is 0 Å². The standard InChI is InChI=1S/C23H25N3O2/c1-15-3-6-19(7-4-15)25-23(28)18-12-22(27)26(14-18)10-9-17-13-24-21-8-5-16(2)11-20(17)21/h3-8,11,13,18,24H,9-10,12,14H2,1-2H3,(H,25,28)/t18-/m1/s1. The molecule has 2 aromatic carbocycles. The van der Waals surface area contributed by atoms with Crippen molar-refractivity contribution in [1.82, 2.24) is 9.88 Å². The summed E-state index contributed by atoms with van der Waals surface area (Å²) in [4.78, 5) is 30.0. The van der Waals surface area contributed by atoms with Crippen molar-refractivity contribution in [2.75, 3.05) is 18.4 Å².